The lowest BCUT2D eigenvalue weighted by molar-refractivity contribution is -0.120. The average molecular weight is 399 g/mol. The zero-order valence-electron chi connectivity index (χ0n) is 14.6. The van der Waals surface area contributed by atoms with Gasteiger partial charge in [0.1, 0.15) is 5.75 Å². The van der Waals surface area contributed by atoms with E-state index in [4.69, 9.17) is 9.15 Å². The van der Waals surface area contributed by atoms with Crippen molar-refractivity contribution in [1.82, 2.24) is 15.5 Å². The highest BCUT2D eigenvalue weighted by molar-refractivity contribution is 8.00. The van der Waals surface area contributed by atoms with Crippen LogP contribution in [0.2, 0.25) is 0 Å². The molecule has 0 saturated carbocycles. The first kappa shape index (κ1) is 19.6. The van der Waals surface area contributed by atoms with E-state index in [0.29, 0.717) is 12.1 Å². The van der Waals surface area contributed by atoms with E-state index >= 15 is 0 Å². The number of amides is 1. The number of ether oxygens (including phenoxy) is 2. The van der Waals surface area contributed by atoms with Crippen molar-refractivity contribution < 1.29 is 27.5 Å². The molecule has 2 aromatic rings. The minimum Gasteiger partial charge on any atom is -0.435 e. The molecule has 1 fully saturated rings. The number of alkyl halides is 2. The maximum Gasteiger partial charge on any atom is 0.387 e. The van der Waals surface area contributed by atoms with Gasteiger partial charge in [0.15, 0.2) is 0 Å². The third-order valence-corrected chi connectivity index (χ3v) is 4.84. The molecule has 1 aromatic heterocycles. The number of hydrogen-bond acceptors (Lipinski definition) is 7. The molecule has 1 aliphatic heterocycles. The van der Waals surface area contributed by atoms with E-state index in [-0.39, 0.29) is 28.9 Å². The van der Waals surface area contributed by atoms with Gasteiger partial charge in [0.2, 0.25) is 11.8 Å². The monoisotopic (exact) mass is 399 g/mol. The van der Waals surface area contributed by atoms with Crippen LogP contribution in [0.4, 0.5) is 8.78 Å². The summed E-state index contributed by atoms with van der Waals surface area (Å²) >= 11 is 1.14. The molecule has 2 heterocycles. The number of nitrogens with zero attached hydrogens (tertiary/aromatic N) is 2. The molecule has 1 saturated heterocycles. The molecule has 1 amide bonds. The summed E-state index contributed by atoms with van der Waals surface area (Å²) in [5.74, 6) is 0.135. The van der Waals surface area contributed by atoms with Crippen molar-refractivity contribution in [1.29, 1.82) is 0 Å². The second-order valence-electron chi connectivity index (χ2n) is 5.92. The lowest BCUT2D eigenvalue weighted by Crippen LogP contribution is -2.36. The summed E-state index contributed by atoms with van der Waals surface area (Å²) in [7, 11) is 0. The summed E-state index contributed by atoms with van der Waals surface area (Å²) in [6.45, 7) is 0.0992. The first-order chi connectivity index (χ1) is 13.0. The highest BCUT2D eigenvalue weighted by atomic mass is 32.2. The fraction of sp³-hybridized carbons (Fsp3) is 0.471. The van der Waals surface area contributed by atoms with Gasteiger partial charge in [-0.3, -0.25) is 4.79 Å². The Morgan fingerprint density at radius 1 is 1.37 bits per heavy atom. The number of hydrogen-bond donors (Lipinski definition) is 1. The van der Waals surface area contributed by atoms with Crippen LogP contribution in [0.3, 0.4) is 0 Å². The van der Waals surface area contributed by atoms with Gasteiger partial charge in [-0.2, -0.15) is 8.78 Å². The van der Waals surface area contributed by atoms with Gasteiger partial charge in [0.25, 0.3) is 5.22 Å². The number of benzene rings is 1. The van der Waals surface area contributed by atoms with E-state index in [0.717, 1.165) is 31.2 Å². The average Bonchev–Trinajstić information content (AvgIpc) is 3.31. The fourth-order valence-corrected chi connectivity index (χ4v) is 3.23. The molecule has 1 aliphatic rings. The summed E-state index contributed by atoms with van der Waals surface area (Å²) in [5.41, 5.74) is 0.562. The van der Waals surface area contributed by atoms with Gasteiger partial charge in [0.05, 0.1) is 11.4 Å². The van der Waals surface area contributed by atoms with Gasteiger partial charge in [0, 0.05) is 18.7 Å². The number of aromatic nitrogens is 2. The van der Waals surface area contributed by atoms with Crippen LogP contribution in [0.5, 0.6) is 5.75 Å². The van der Waals surface area contributed by atoms with Crippen molar-refractivity contribution in [3.05, 3.63) is 24.3 Å². The minimum absolute atomic E-state index is 0.0411. The van der Waals surface area contributed by atoms with Crippen LogP contribution in [0.1, 0.15) is 19.8 Å². The number of carbonyl (C=O) groups excluding carboxylic acids is 1. The Morgan fingerprint density at radius 3 is 2.81 bits per heavy atom. The van der Waals surface area contributed by atoms with Gasteiger partial charge < -0.3 is 19.2 Å². The van der Waals surface area contributed by atoms with Crippen molar-refractivity contribution in [2.75, 3.05) is 13.2 Å². The SMILES string of the molecule is C[C@@H](Sc1nnc(-c2ccc(OC(F)F)cc2)o1)C(=O)NC[C@H]1CCCO1. The number of halogens is 2. The van der Waals surface area contributed by atoms with Gasteiger partial charge in [-0.15, -0.1) is 10.2 Å². The van der Waals surface area contributed by atoms with E-state index in [1.807, 2.05) is 0 Å². The Bertz CT molecular complexity index is 751. The summed E-state index contributed by atoms with van der Waals surface area (Å²) in [6, 6.07) is 5.86. The van der Waals surface area contributed by atoms with Gasteiger partial charge in [-0.25, -0.2) is 0 Å². The van der Waals surface area contributed by atoms with Crippen LogP contribution in [0.15, 0.2) is 33.9 Å². The van der Waals surface area contributed by atoms with Crippen molar-refractivity contribution in [2.45, 2.75) is 43.0 Å². The molecule has 0 radical (unpaired) electrons. The number of thioether (sulfide) groups is 1. The van der Waals surface area contributed by atoms with E-state index < -0.39 is 11.9 Å². The summed E-state index contributed by atoms with van der Waals surface area (Å²) in [6.07, 6.45) is 2.05. The molecule has 0 unspecified atom stereocenters. The molecule has 0 aliphatic carbocycles. The van der Waals surface area contributed by atoms with Crippen LogP contribution in [0.25, 0.3) is 11.5 Å². The summed E-state index contributed by atoms with van der Waals surface area (Å²) in [5, 5.41) is 10.5. The number of nitrogens with one attached hydrogen (secondary N) is 1. The van der Waals surface area contributed by atoms with Crippen LogP contribution < -0.4 is 10.1 Å². The predicted molar refractivity (Wildman–Crippen MR) is 93.7 cm³/mol. The lowest BCUT2D eigenvalue weighted by Gasteiger charge is -2.13. The Morgan fingerprint density at radius 2 is 2.15 bits per heavy atom. The van der Waals surface area contributed by atoms with E-state index in [9.17, 15) is 13.6 Å². The van der Waals surface area contributed by atoms with Crippen molar-refractivity contribution in [3.63, 3.8) is 0 Å². The topological polar surface area (TPSA) is 86.5 Å². The third-order valence-electron chi connectivity index (χ3n) is 3.91. The molecular formula is C17H19F2N3O4S. The zero-order chi connectivity index (χ0) is 19.2. The smallest absolute Gasteiger partial charge is 0.387 e. The first-order valence-corrected chi connectivity index (χ1v) is 9.34. The predicted octanol–water partition coefficient (Wildman–Crippen LogP) is 3.11. The van der Waals surface area contributed by atoms with Gasteiger partial charge in [-0.05, 0) is 44.0 Å². The van der Waals surface area contributed by atoms with E-state index in [1.165, 1.54) is 24.3 Å². The normalized spacial score (nSPS) is 17.9. The van der Waals surface area contributed by atoms with Crippen LogP contribution in [0, 0.1) is 0 Å². The molecule has 1 N–H and O–H groups in total. The Balaban J connectivity index is 1.52. The Labute approximate surface area is 158 Å². The van der Waals surface area contributed by atoms with Crippen LogP contribution >= 0.6 is 11.8 Å². The second-order valence-corrected chi connectivity index (χ2v) is 7.21. The van der Waals surface area contributed by atoms with Gasteiger partial charge >= 0.3 is 6.61 Å². The Hall–Kier alpha value is -2.20. The molecule has 3 rings (SSSR count). The number of rotatable bonds is 8. The fourth-order valence-electron chi connectivity index (χ4n) is 2.52. The second kappa shape index (κ2) is 9.14. The van der Waals surface area contributed by atoms with Crippen molar-refractivity contribution in [2.24, 2.45) is 0 Å². The molecule has 0 bridgehead atoms. The standard InChI is InChI=1S/C17H19F2N3O4S/c1-10(14(23)20-9-13-3-2-8-24-13)27-17-22-21-15(26-17)11-4-6-12(7-5-11)25-16(18)19/h4-7,10,13,16H,2-3,8-9H2,1H3,(H,20,23)/t10-,13-/m1/s1. The highest BCUT2D eigenvalue weighted by Crippen LogP contribution is 2.27. The molecule has 1 aromatic carbocycles. The minimum atomic E-state index is -2.88. The van der Waals surface area contributed by atoms with Crippen molar-refractivity contribution in [3.8, 4) is 17.2 Å². The molecule has 2 atom stereocenters. The zero-order valence-corrected chi connectivity index (χ0v) is 15.4. The van der Waals surface area contributed by atoms with Gasteiger partial charge in [-0.1, -0.05) is 11.8 Å². The largest absolute Gasteiger partial charge is 0.435 e. The van der Waals surface area contributed by atoms with Crippen LogP contribution in [-0.2, 0) is 9.53 Å². The Kier molecular flexibility index (Phi) is 6.62. The summed E-state index contributed by atoms with van der Waals surface area (Å²) in [4.78, 5) is 12.2. The quantitative estimate of drug-likeness (QED) is 0.683. The first-order valence-electron chi connectivity index (χ1n) is 8.46. The third kappa shape index (κ3) is 5.64. The summed E-state index contributed by atoms with van der Waals surface area (Å²) < 4.78 is 39.6. The molecule has 146 valence electrons. The van der Waals surface area contributed by atoms with Crippen LogP contribution in [-0.4, -0.2) is 47.2 Å². The number of carbonyl (C=O) groups is 1. The molecule has 10 heteroatoms. The lowest BCUT2D eigenvalue weighted by atomic mass is 10.2. The maximum atomic E-state index is 12.2. The van der Waals surface area contributed by atoms with E-state index in [1.54, 1.807) is 6.92 Å². The molecule has 0 spiro atoms. The molecular weight excluding hydrogens is 380 g/mol. The van der Waals surface area contributed by atoms with E-state index in [2.05, 4.69) is 20.3 Å². The maximum absolute atomic E-state index is 12.2. The van der Waals surface area contributed by atoms with Crippen molar-refractivity contribution >= 4 is 17.7 Å². The molecule has 7 nitrogen and oxygen atoms in total. The molecule has 27 heavy (non-hydrogen) atoms. The highest BCUT2D eigenvalue weighted by Gasteiger charge is 2.21.